The molecule has 0 bridgehead atoms. The lowest BCUT2D eigenvalue weighted by atomic mass is 10.1. The van der Waals surface area contributed by atoms with Crippen molar-refractivity contribution in [1.29, 1.82) is 0 Å². The van der Waals surface area contributed by atoms with E-state index in [0.717, 1.165) is 18.3 Å². The number of morpholine rings is 1. The minimum atomic E-state index is -0.587. The second-order valence-electron chi connectivity index (χ2n) is 5.32. The van der Waals surface area contributed by atoms with Gasteiger partial charge in [0.1, 0.15) is 11.6 Å². The van der Waals surface area contributed by atoms with Crippen LogP contribution in [0.15, 0.2) is 24.4 Å². The van der Waals surface area contributed by atoms with Crippen LogP contribution in [0.2, 0.25) is 5.02 Å². The van der Waals surface area contributed by atoms with Gasteiger partial charge in [-0.2, -0.15) is 5.10 Å². The summed E-state index contributed by atoms with van der Waals surface area (Å²) in [4.78, 5) is 2.12. The molecule has 1 aromatic heterocycles. The van der Waals surface area contributed by atoms with Gasteiger partial charge in [-0.3, -0.25) is 9.58 Å². The van der Waals surface area contributed by atoms with Gasteiger partial charge in [0.15, 0.2) is 0 Å². The fourth-order valence-corrected chi connectivity index (χ4v) is 2.85. The van der Waals surface area contributed by atoms with Crippen LogP contribution in [0, 0.1) is 11.6 Å². The number of aryl methyl sites for hydroxylation is 1. The first-order valence-corrected chi connectivity index (χ1v) is 7.37. The maximum Gasteiger partial charge on any atom is 0.131 e. The first-order chi connectivity index (χ1) is 10.5. The highest BCUT2D eigenvalue weighted by atomic mass is 35.5. The first-order valence-electron chi connectivity index (χ1n) is 7.00. The summed E-state index contributed by atoms with van der Waals surface area (Å²) in [5, 5.41) is 4.72. The predicted molar refractivity (Wildman–Crippen MR) is 78.5 cm³/mol. The monoisotopic (exact) mass is 327 g/mol. The Hall–Kier alpha value is -1.50. The molecule has 3 rings (SSSR count). The molecule has 118 valence electrons. The van der Waals surface area contributed by atoms with Crippen molar-refractivity contribution in [3.8, 4) is 0 Å². The minimum Gasteiger partial charge on any atom is -0.371 e. The summed E-state index contributed by atoms with van der Waals surface area (Å²) < 4.78 is 34.3. The summed E-state index contributed by atoms with van der Waals surface area (Å²) in [7, 11) is 1.83. The average molecular weight is 328 g/mol. The van der Waals surface area contributed by atoms with Crippen LogP contribution in [0.1, 0.15) is 17.4 Å². The molecule has 0 saturated carbocycles. The molecule has 7 heteroatoms. The van der Waals surface area contributed by atoms with E-state index in [1.54, 1.807) is 10.9 Å². The number of rotatable bonds is 3. The van der Waals surface area contributed by atoms with Crippen LogP contribution in [-0.4, -0.2) is 34.4 Å². The molecule has 1 fully saturated rings. The second kappa shape index (κ2) is 6.32. The fourth-order valence-electron chi connectivity index (χ4n) is 2.62. The van der Waals surface area contributed by atoms with Gasteiger partial charge in [0, 0.05) is 38.3 Å². The van der Waals surface area contributed by atoms with E-state index in [2.05, 4.69) is 10.00 Å². The number of halogens is 3. The number of ether oxygens (including phenoxy) is 1. The van der Waals surface area contributed by atoms with E-state index in [1.165, 1.54) is 12.1 Å². The highest BCUT2D eigenvalue weighted by Gasteiger charge is 2.25. The topological polar surface area (TPSA) is 30.3 Å². The van der Waals surface area contributed by atoms with Gasteiger partial charge in [-0.05, 0) is 6.07 Å². The number of hydrogen-bond donors (Lipinski definition) is 0. The smallest absolute Gasteiger partial charge is 0.131 e. The number of aromatic nitrogens is 2. The van der Waals surface area contributed by atoms with Crippen LogP contribution >= 0.6 is 11.6 Å². The van der Waals surface area contributed by atoms with Crippen molar-refractivity contribution < 1.29 is 13.5 Å². The van der Waals surface area contributed by atoms with Crippen molar-refractivity contribution in [3.05, 3.63) is 52.3 Å². The van der Waals surface area contributed by atoms with Crippen molar-refractivity contribution in [1.82, 2.24) is 14.7 Å². The van der Waals surface area contributed by atoms with Crippen LogP contribution < -0.4 is 0 Å². The SMILES string of the molecule is Cn1ncc(Cl)c1CN1CCO[C@@H](c2ccc(F)cc2F)C1. The molecule has 0 N–H and O–H groups in total. The van der Waals surface area contributed by atoms with Crippen LogP contribution in [-0.2, 0) is 18.3 Å². The Labute approximate surface area is 132 Å². The molecular weight excluding hydrogens is 312 g/mol. The number of hydrogen-bond acceptors (Lipinski definition) is 3. The molecule has 0 spiro atoms. The molecular formula is C15H16ClF2N3O. The minimum absolute atomic E-state index is 0.377. The van der Waals surface area contributed by atoms with Crippen LogP contribution in [0.3, 0.4) is 0 Å². The standard InChI is InChI=1S/C15H16ClF2N3O/c1-20-14(12(16)7-19-20)8-21-4-5-22-15(9-21)11-3-2-10(17)6-13(11)18/h2-3,6-7,15H,4-5,8-9H2,1H3/t15-/m1/s1. The van der Waals surface area contributed by atoms with Gasteiger partial charge in [-0.25, -0.2) is 8.78 Å². The molecule has 2 heterocycles. The fraction of sp³-hybridized carbons (Fsp3) is 0.400. The Kier molecular flexibility index (Phi) is 4.42. The van der Waals surface area contributed by atoms with Crippen LogP contribution in [0.5, 0.6) is 0 Å². The van der Waals surface area contributed by atoms with Gasteiger partial charge >= 0.3 is 0 Å². The third kappa shape index (κ3) is 3.14. The zero-order valence-corrected chi connectivity index (χ0v) is 12.9. The molecule has 0 radical (unpaired) electrons. The van der Waals surface area contributed by atoms with E-state index < -0.39 is 17.7 Å². The Morgan fingerprint density at radius 3 is 2.91 bits per heavy atom. The van der Waals surface area contributed by atoms with Crippen molar-refractivity contribution in [2.75, 3.05) is 19.7 Å². The Morgan fingerprint density at radius 1 is 1.41 bits per heavy atom. The van der Waals surface area contributed by atoms with Gasteiger partial charge < -0.3 is 4.74 Å². The summed E-state index contributed by atoms with van der Waals surface area (Å²) in [6, 6.07) is 3.57. The Morgan fingerprint density at radius 2 is 2.23 bits per heavy atom. The summed E-state index contributed by atoms with van der Waals surface area (Å²) in [6.45, 7) is 2.33. The van der Waals surface area contributed by atoms with Gasteiger partial charge in [0.25, 0.3) is 0 Å². The molecule has 1 aliphatic rings. The van der Waals surface area contributed by atoms with Crippen molar-refractivity contribution in [2.24, 2.45) is 7.05 Å². The van der Waals surface area contributed by atoms with E-state index in [1.807, 2.05) is 7.05 Å². The maximum atomic E-state index is 13.9. The first kappa shape index (κ1) is 15.4. The lowest BCUT2D eigenvalue weighted by molar-refractivity contribution is -0.0351. The van der Waals surface area contributed by atoms with Crippen LogP contribution in [0.4, 0.5) is 8.78 Å². The summed E-state index contributed by atoms with van der Waals surface area (Å²) >= 11 is 6.12. The number of nitrogens with zero attached hydrogens (tertiary/aromatic N) is 3. The Balaban J connectivity index is 1.74. The highest BCUT2D eigenvalue weighted by molar-refractivity contribution is 6.31. The second-order valence-corrected chi connectivity index (χ2v) is 5.73. The lowest BCUT2D eigenvalue weighted by Gasteiger charge is -2.33. The van der Waals surface area contributed by atoms with Gasteiger partial charge in [-0.15, -0.1) is 0 Å². The normalized spacial score (nSPS) is 19.5. The van der Waals surface area contributed by atoms with Gasteiger partial charge in [-0.1, -0.05) is 17.7 Å². The molecule has 1 aliphatic heterocycles. The molecule has 1 aromatic carbocycles. The van der Waals surface area contributed by atoms with E-state index in [4.69, 9.17) is 16.3 Å². The molecule has 0 aliphatic carbocycles. The zero-order valence-electron chi connectivity index (χ0n) is 12.1. The third-order valence-electron chi connectivity index (χ3n) is 3.84. The van der Waals surface area contributed by atoms with Crippen molar-refractivity contribution >= 4 is 11.6 Å². The summed E-state index contributed by atoms with van der Waals surface area (Å²) in [5.74, 6) is -1.17. The van der Waals surface area contributed by atoms with Crippen LogP contribution in [0.25, 0.3) is 0 Å². The summed E-state index contributed by atoms with van der Waals surface area (Å²) in [6.07, 6.45) is 1.19. The molecule has 0 unspecified atom stereocenters. The Bertz CT molecular complexity index is 657. The maximum absolute atomic E-state index is 13.9. The van der Waals surface area contributed by atoms with Gasteiger partial charge in [0.05, 0.1) is 29.6 Å². The van der Waals surface area contributed by atoms with E-state index in [9.17, 15) is 8.78 Å². The zero-order chi connectivity index (χ0) is 15.7. The lowest BCUT2D eigenvalue weighted by Crippen LogP contribution is -2.38. The molecule has 4 nitrogen and oxygen atoms in total. The highest BCUT2D eigenvalue weighted by Crippen LogP contribution is 2.27. The quantitative estimate of drug-likeness (QED) is 0.868. The van der Waals surface area contributed by atoms with E-state index in [-0.39, 0.29) is 0 Å². The largest absolute Gasteiger partial charge is 0.371 e. The third-order valence-corrected chi connectivity index (χ3v) is 4.16. The predicted octanol–water partition coefficient (Wildman–Crippen LogP) is 2.93. The molecule has 22 heavy (non-hydrogen) atoms. The summed E-state index contributed by atoms with van der Waals surface area (Å²) in [5.41, 5.74) is 1.28. The van der Waals surface area contributed by atoms with E-state index >= 15 is 0 Å². The average Bonchev–Trinajstić information content (AvgIpc) is 2.79. The molecule has 2 aromatic rings. The molecule has 1 atom stereocenters. The molecule has 1 saturated heterocycles. The van der Waals surface area contributed by atoms with Crippen molar-refractivity contribution in [2.45, 2.75) is 12.6 Å². The van der Waals surface area contributed by atoms with E-state index in [0.29, 0.717) is 30.3 Å². The number of benzene rings is 1. The molecule has 0 amide bonds. The van der Waals surface area contributed by atoms with Crippen molar-refractivity contribution in [3.63, 3.8) is 0 Å². The van der Waals surface area contributed by atoms with Gasteiger partial charge in [0.2, 0.25) is 0 Å².